The summed E-state index contributed by atoms with van der Waals surface area (Å²) in [5, 5.41) is 9.74. The van der Waals surface area contributed by atoms with E-state index in [9.17, 15) is 4.79 Å². The van der Waals surface area contributed by atoms with Crippen molar-refractivity contribution in [3.63, 3.8) is 0 Å². The Labute approximate surface area is 159 Å². The van der Waals surface area contributed by atoms with E-state index in [1.54, 1.807) is 6.07 Å². The molecule has 7 heteroatoms. The smallest absolute Gasteiger partial charge is 0.345 e. The standard InChI is InChI=1S/C19H16ClN3O2S/c20-14-3-1-12(2-4-14)18-21-9-13-10-23(8-7-16(13)22-18)11-15-5-6-17(26-15)19(24)25/h1-6,9H,7-8,10-11H2,(H,24,25). The van der Waals surface area contributed by atoms with Crippen LogP contribution in [-0.2, 0) is 19.5 Å². The van der Waals surface area contributed by atoms with Gasteiger partial charge in [0.2, 0.25) is 0 Å². The number of hydrogen-bond acceptors (Lipinski definition) is 5. The third-order valence-corrected chi connectivity index (χ3v) is 5.68. The van der Waals surface area contributed by atoms with Crippen LogP contribution in [0.2, 0.25) is 5.02 Å². The van der Waals surface area contributed by atoms with Crippen molar-refractivity contribution < 1.29 is 9.90 Å². The second-order valence-corrected chi connectivity index (χ2v) is 7.81. The Kier molecular flexibility index (Phi) is 4.72. The Morgan fingerprint density at radius 1 is 1.23 bits per heavy atom. The van der Waals surface area contributed by atoms with Gasteiger partial charge in [-0.25, -0.2) is 14.8 Å². The molecule has 0 saturated heterocycles. The van der Waals surface area contributed by atoms with Crippen LogP contribution >= 0.6 is 22.9 Å². The van der Waals surface area contributed by atoms with E-state index in [1.165, 1.54) is 11.3 Å². The number of fused-ring (bicyclic) bond motifs is 1. The highest BCUT2D eigenvalue weighted by atomic mass is 35.5. The van der Waals surface area contributed by atoms with E-state index < -0.39 is 5.97 Å². The van der Waals surface area contributed by atoms with Gasteiger partial charge in [-0.1, -0.05) is 11.6 Å². The van der Waals surface area contributed by atoms with Crippen molar-refractivity contribution in [2.45, 2.75) is 19.5 Å². The molecule has 1 aromatic carbocycles. The minimum atomic E-state index is -0.867. The predicted molar refractivity (Wildman–Crippen MR) is 102 cm³/mol. The Morgan fingerprint density at radius 3 is 2.77 bits per heavy atom. The number of carboxylic acid groups (broad SMARTS) is 1. The number of carbonyl (C=O) groups is 1. The van der Waals surface area contributed by atoms with Crippen LogP contribution in [0.15, 0.2) is 42.6 Å². The molecule has 5 nitrogen and oxygen atoms in total. The fourth-order valence-corrected chi connectivity index (χ4v) is 4.06. The van der Waals surface area contributed by atoms with Crippen LogP contribution in [0.1, 0.15) is 25.8 Å². The largest absolute Gasteiger partial charge is 0.477 e. The molecule has 4 rings (SSSR count). The number of nitrogens with zero attached hydrogens (tertiary/aromatic N) is 3. The van der Waals surface area contributed by atoms with Crippen LogP contribution in [0.25, 0.3) is 11.4 Å². The van der Waals surface area contributed by atoms with E-state index in [0.717, 1.165) is 53.6 Å². The van der Waals surface area contributed by atoms with E-state index in [1.807, 2.05) is 36.5 Å². The van der Waals surface area contributed by atoms with Gasteiger partial charge in [-0.2, -0.15) is 0 Å². The normalized spacial score (nSPS) is 14.2. The monoisotopic (exact) mass is 385 g/mol. The molecule has 0 saturated carbocycles. The van der Waals surface area contributed by atoms with E-state index in [4.69, 9.17) is 21.7 Å². The maximum Gasteiger partial charge on any atom is 0.345 e. The van der Waals surface area contributed by atoms with Gasteiger partial charge in [0.25, 0.3) is 0 Å². The molecule has 0 unspecified atom stereocenters. The maximum atomic E-state index is 11.0. The Balaban J connectivity index is 1.48. The van der Waals surface area contributed by atoms with Gasteiger partial charge in [0.1, 0.15) is 4.88 Å². The van der Waals surface area contributed by atoms with Crippen LogP contribution in [0.5, 0.6) is 0 Å². The number of benzene rings is 1. The molecule has 0 radical (unpaired) electrons. The summed E-state index contributed by atoms with van der Waals surface area (Å²) in [4.78, 5) is 24.0. The molecule has 2 aromatic heterocycles. The zero-order valence-corrected chi connectivity index (χ0v) is 15.4. The molecule has 132 valence electrons. The molecule has 1 aliphatic rings. The lowest BCUT2D eigenvalue weighted by Crippen LogP contribution is -2.30. The molecule has 0 atom stereocenters. The van der Waals surface area contributed by atoms with E-state index in [2.05, 4.69) is 9.88 Å². The van der Waals surface area contributed by atoms with Gasteiger partial charge in [0.05, 0.1) is 5.69 Å². The van der Waals surface area contributed by atoms with Crippen molar-refractivity contribution in [1.82, 2.24) is 14.9 Å². The topological polar surface area (TPSA) is 66.3 Å². The fraction of sp³-hybridized carbons (Fsp3) is 0.211. The van der Waals surface area contributed by atoms with Crippen LogP contribution in [0.3, 0.4) is 0 Å². The van der Waals surface area contributed by atoms with Gasteiger partial charge >= 0.3 is 5.97 Å². The maximum absolute atomic E-state index is 11.0. The Morgan fingerprint density at radius 2 is 2.04 bits per heavy atom. The molecule has 1 aliphatic heterocycles. The summed E-state index contributed by atoms with van der Waals surface area (Å²) in [6.07, 6.45) is 2.76. The molecule has 0 amide bonds. The highest BCUT2D eigenvalue weighted by molar-refractivity contribution is 7.13. The molecule has 3 heterocycles. The van der Waals surface area contributed by atoms with Gasteiger partial charge in [-0.05, 0) is 36.4 Å². The first-order valence-electron chi connectivity index (χ1n) is 8.23. The fourth-order valence-electron chi connectivity index (χ4n) is 3.05. The SMILES string of the molecule is O=C(O)c1ccc(CN2CCc3nc(-c4ccc(Cl)cc4)ncc3C2)s1. The Hall–Kier alpha value is -2.28. The summed E-state index contributed by atoms with van der Waals surface area (Å²) in [5.74, 6) is -0.147. The average molecular weight is 386 g/mol. The van der Waals surface area contributed by atoms with Crippen molar-refractivity contribution in [1.29, 1.82) is 0 Å². The summed E-state index contributed by atoms with van der Waals surface area (Å²) in [7, 11) is 0. The third kappa shape index (κ3) is 3.62. The number of rotatable bonds is 4. The van der Waals surface area contributed by atoms with Crippen LogP contribution in [-0.4, -0.2) is 32.5 Å². The highest BCUT2D eigenvalue weighted by Crippen LogP contribution is 2.25. The number of halogens is 1. The van der Waals surface area contributed by atoms with E-state index in [0.29, 0.717) is 9.90 Å². The van der Waals surface area contributed by atoms with Crippen molar-refractivity contribution in [3.8, 4) is 11.4 Å². The number of aromatic nitrogens is 2. The first kappa shape index (κ1) is 17.1. The van der Waals surface area contributed by atoms with E-state index in [-0.39, 0.29) is 0 Å². The van der Waals surface area contributed by atoms with Crippen molar-refractivity contribution in [2.24, 2.45) is 0 Å². The van der Waals surface area contributed by atoms with Crippen molar-refractivity contribution >= 4 is 28.9 Å². The van der Waals surface area contributed by atoms with Crippen LogP contribution in [0, 0.1) is 0 Å². The van der Waals surface area contributed by atoms with E-state index >= 15 is 0 Å². The lowest BCUT2D eigenvalue weighted by atomic mass is 10.1. The summed E-state index contributed by atoms with van der Waals surface area (Å²) in [6.45, 7) is 2.41. The second-order valence-electron chi connectivity index (χ2n) is 6.20. The zero-order chi connectivity index (χ0) is 18.1. The highest BCUT2D eigenvalue weighted by Gasteiger charge is 2.20. The average Bonchev–Trinajstić information content (AvgIpc) is 3.11. The van der Waals surface area contributed by atoms with Gasteiger partial charge in [0.15, 0.2) is 5.82 Å². The predicted octanol–water partition coefficient (Wildman–Crippen LogP) is 4.12. The second kappa shape index (κ2) is 7.15. The lowest BCUT2D eigenvalue weighted by molar-refractivity contribution is 0.0702. The molecule has 0 bridgehead atoms. The number of hydrogen-bond donors (Lipinski definition) is 1. The minimum Gasteiger partial charge on any atom is -0.477 e. The molecule has 3 aromatic rings. The zero-order valence-electron chi connectivity index (χ0n) is 13.9. The quantitative estimate of drug-likeness (QED) is 0.731. The van der Waals surface area contributed by atoms with Gasteiger partial charge in [-0.15, -0.1) is 11.3 Å². The minimum absolute atomic E-state index is 0.383. The third-order valence-electron chi connectivity index (χ3n) is 4.37. The lowest BCUT2D eigenvalue weighted by Gasteiger charge is -2.27. The summed E-state index contributed by atoms with van der Waals surface area (Å²) < 4.78 is 0. The molecule has 0 fully saturated rings. The first-order chi connectivity index (χ1) is 12.6. The Bertz CT molecular complexity index is 956. The van der Waals surface area contributed by atoms with Gasteiger partial charge in [0, 0.05) is 53.3 Å². The van der Waals surface area contributed by atoms with Gasteiger partial charge in [-0.3, -0.25) is 4.90 Å². The summed E-state index contributed by atoms with van der Waals surface area (Å²) in [5.41, 5.74) is 3.17. The molecule has 0 aliphatic carbocycles. The molecule has 1 N–H and O–H groups in total. The number of carboxylic acids is 1. The first-order valence-corrected chi connectivity index (χ1v) is 9.43. The van der Waals surface area contributed by atoms with Crippen molar-refractivity contribution in [3.05, 3.63) is 68.6 Å². The van der Waals surface area contributed by atoms with Gasteiger partial charge < -0.3 is 5.11 Å². The number of thiophene rings is 1. The van der Waals surface area contributed by atoms with Crippen molar-refractivity contribution in [2.75, 3.05) is 6.54 Å². The summed E-state index contributed by atoms with van der Waals surface area (Å²) in [6, 6.07) is 11.1. The molecular formula is C19H16ClN3O2S. The molecular weight excluding hydrogens is 370 g/mol. The summed E-state index contributed by atoms with van der Waals surface area (Å²) >= 11 is 7.27. The van der Waals surface area contributed by atoms with Crippen LogP contribution in [0.4, 0.5) is 0 Å². The molecule has 0 spiro atoms. The van der Waals surface area contributed by atoms with Crippen LogP contribution < -0.4 is 0 Å². The molecule has 26 heavy (non-hydrogen) atoms. The number of aromatic carboxylic acids is 1.